The van der Waals surface area contributed by atoms with E-state index in [0.717, 1.165) is 0 Å². The van der Waals surface area contributed by atoms with Gasteiger partial charge in [-0.25, -0.2) is 4.39 Å². The topological polar surface area (TPSA) is 87.6 Å². The molecule has 0 aromatic heterocycles. The van der Waals surface area contributed by atoms with Crippen LogP contribution in [0.15, 0.2) is 12.1 Å². The van der Waals surface area contributed by atoms with Crippen molar-refractivity contribution in [3.63, 3.8) is 0 Å². The number of rotatable bonds is 6. The van der Waals surface area contributed by atoms with Crippen LogP contribution in [0.1, 0.15) is 31.9 Å². The summed E-state index contributed by atoms with van der Waals surface area (Å²) in [6, 6.07) is 2.03. The number of methoxy groups -OCH3 is 2. The van der Waals surface area contributed by atoms with Gasteiger partial charge in [0.25, 0.3) is 0 Å². The van der Waals surface area contributed by atoms with Crippen LogP contribution in [0.25, 0.3) is 0 Å². The minimum Gasteiger partial charge on any atom is -0.493 e. The number of halogens is 1. The largest absolute Gasteiger partial charge is 0.493 e. The van der Waals surface area contributed by atoms with Gasteiger partial charge < -0.3 is 20.9 Å². The molecular weight excluding hydrogens is 263 g/mol. The van der Waals surface area contributed by atoms with Crippen molar-refractivity contribution >= 4 is 5.91 Å². The lowest BCUT2D eigenvalue weighted by Crippen LogP contribution is -2.34. The van der Waals surface area contributed by atoms with Gasteiger partial charge in [0.15, 0.2) is 11.5 Å². The van der Waals surface area contributed by atoms with Gasteiger partial charge in [-0.3, -0.25) is 4.79 Å². The highest BCUT2D eigenvalue weighted by atomic mass is 19.1. The van der Waals surface area contributed by atoms with E-state index in [-0.39, 0.29) is 17.7 Å². The van der Waals surface area contributed by atoms with Crippen molar-refractivity contribution in [2.24, 2.45) is 16.9 Å². The van der Waals surface area contributed by atoms with Gasteiger partial charge in [-0.1, -0.05) is 13.8 Å². The third-order valence-electron chi connectivity index (χ3n) is 3.30. The fraction of sp³-hybridized carbons (Fsp3) is 0.500. The maximum absolute atomic E-state index is 14.0. The van der Waals surface area contributed by atoms with Crippen molar-refractivity contribution in [2.45, 2.75) is 26.3 Å². The lowest BCUT2D eigenvalue weighted by atomic mass is 9.83. The number of ether oxygens (including phenoxy) is 2. The summed E-state index contributed by atoms with van der Waals surface area (Å²) in [5.74, 6) is -0.310. The molecule has 20 heavy (non-hydrogen) atoms. The van der Waals surface area contributed by atoms with Gasteiger partial charge in [-0.05, 0) is 12.5 Å². The van der Waals surface area contributed by atoms with E-state index in [4.69, 9.17) is 20.9 Å². The van der Waals surface area contributed by atoms with Crippen molar-refractivity contribution in [3.8, 4) is 11.5 Å². The first-order valence-electron chi connectivity index (χ1n) is 6.20. The quantitative estimate of drug-likeness (QED) is 0.833. The van der Waals surface area contributed by atoms with Crippen molar-refractivity contribution in [1.82, 2.24) is 0 Å². The van der Waals surface area contributed by atoms with Gasteiger partial charge in [0.1, 0.15) is 5.82 Å². The maximum Gasteiger partial charge on any atom is 0.223 e. The van der Waals surface area contributed by atoms with Crippen LogP contribution < -0.4 is 20.9 Å². The van der Waals surface area contributed by atoms with Gasteiger partial charge in [-0.15, -0.1) is 0 Å². The molecule has 1 unspecified atom stereocenters. The fourth-order valence-corrected chi connectivity index (χ4v) is 1.91. The van der Waals surface area contributed by atoms with E-state index in [2.05, 4.69) is 0 Å². The summed E-state index contributed by atoms with van der Waals surface area (Å²) in [7, 11) is 2.88. The smallest absolute Gasteiger partial charge is 0.223 e. The van der Waals surface area contributed by atoms with Crippen LogP contribution in [0.3, 0.4) is 0 Å². The predicted molar refractivity (Wildman–Crippen MR) is 74.0 cm³/mol. The number of nitrogens with two attached hydrogens (primary N) is 2. The number of carbonyl (C=O) groups excluding carboxylic acids is 1. The molecule has 0 fully saturated rings. The Kier molecular flexibility index (Phi) is 4.94. The molecule has 0 spiro atoms. The number of carbonyl (C=O) groups is 1. The highest BCUT2D eigenvalue weighted by molar-refractivity contribution is 5.79. The van der Waals surface area contributed by atoms with E-state index in [0.29, 0.717) is 5.75 Å². The minimum atomic E-state index is -0.820. The molecule has 0 aliphatic rings. The normalized spacial score (nSPS) is 12.9. The molecule has 4 N–H and O–H groups in total. The van der Waals surface area contributed by atoms with Gasteiger partial charge in [0.05, 0.1) is 14.2 Å². The van der Waals surface area contributed by atoms with Crippen molar-refractivity contribution < 1.29 is 18.7 Å². The van der Waals surface area contributed by atoms with E-state index in [1.54, 1.807) is 13.8 Å². The Labute approximate surface area is 118 Å². The molecule has 0 saturated heterocycles. The van der Waals surface area contributed by atoms with Gasteiger partial charge in [-0.2, -0.15) is 0 Å². The maximum atomic E-state index is 14.0. The van der Waals surface area contributed by atoms with E-state index in [1.807, 2.05) is 0 Å². The Bertz CT molecular complexity index is 503. The summed E-state index contributed by atoms with van der Waals surface area (Å²) in [6.45, 7) is 3.35. The predicted octanol–water partition coefficient (Wildman–Crippen LogP) is 1.74. The third-order valence-corrected chi connectivity index (χ3v) is 3.30. The van der Waals surface area contributed by atoms with Crippen LogP contribution in [0.4, 0.5) is 4.39 Å². The molecule has 1 aromatic rings. The Morgan fingerprint density at radius 2 is 1.80 bits per heavy atom. The summed E-state index contributed by atoms with van der Waals surface area (Å²) in [6.07, 6.45) is 0.231. The first-order valence-corrected chi connectivity index (χ1v) is 6.20. The van der Waals surface area contributed by atoms with Crippen molar-refractivity contribution in [3.05, 3.63) is 23.5 Å². The molecule has 0 aliphatic heterocycles. The lowest BCUT2D eigenvalue weighted by molar-refractivity contribution is -0.126. The average molecular weight is 284 g/mol. The van der Waals surface area contributed by atoms with Gasteiger partial charge in [0, 0.05) is 23.1 Å². The fourth-order valence-electron chi connectivity index (χ4n) is 1.91. The zero-order valence-corrected chi connectivity index (χ0v) is 12.2. The first kappa shape index (κ1) is 16.2. The second kappa shape index (κ2) is 6.09. The van der Waals surface area contributed by atoms with Crippen LogP contribution in [-0.4, -0.2) is 20.1 Å². The zero-order chi connectivity index (χ0) is 15.5. The molecular formula is C14H21FN2O3. The molecule has 0 aliphatic carbocycles. The highest BCUT2D eigenvalue weighted by Gasteiger charge is 2.29. The number of hydrogen-bond acceptors (Lipinski definition) is 4. The van der Waals surface area contributed by atoms with Crippen LogP contribution in [0.2, 0.25) is 0 Å². The molecule has 0 bridgehead atoms. The molecule has 5 nitrogen and oxygen atoms in total. The molecule has 0 radical (unpaired) electrons. The molecule has 1 aromatic carbocycles. The minimum absolute atomic E-state index is 0.231. The molecule has 112 valence electrons. The second-order valence-corrected chi connectivity index (χ2v) is 5.29. The number of primary amides is 1. The highest BCUT2D eigenvalue weighted by Crippen LogP contribution is 2.35. The van der Waals surface area contributed by atoms with Crippen LogP contribution >= 0.6 is 0 Å². The molecule has 6 heteroatoms. The summed E-state index contributed by atoms with van der Waals surface area (Å²) in [5, 5.41) is 0. The zero-order valence-electron chi connectivity index (χ0n) is 12.2. The van der Waals surface area contributed by atoms with Crippen LogP contribution in [-0.2, 0) is 4.79 Å². The van der Waals surface area contributed by atoms with Crippen LogP contribution in [0, 0.1) is 11.2 Å². The molecule has 1 amide bonds. The molecule has 0 heterocycles. The second-order valence-electron chi connectivity index (χ2n) is 5.29. The first-order chi connectivity index (χ1) is 9.22. The van der Waals surface area contributed by atoms with Gasteiger partial charge in [0.2, 0.25) is 5.91 Å². The summed E-state index contributed by atoms with van der Waals surface area (Å²) in [4.78, 5) is 11.3. The molecule has 1 atom stereocenters. The monoisotopic (exact) mass is 284 g/mol. The number of benzene rings is 1. The summed E-state index contributed by atoms with van der Waals surface area (Å²) in [5.41, 5.74) is 10.7. The summed E-state index contributed by atoms with van der Waals surface area (Å²) < 4.78 is 24.2. The van der Waals surface area contributed by atoms with Gasteiger partial charge >= 0.3 is 0 Å². The Morgan fingerprint density at radius 1 is 1.30 bits per heavy atom. The number of amides is 1. The molecule has 1 rings (SSSR count). The standard InChI is InChI=1S/C14H21FN2O3/c1-14(2,13(17)18)7-10(16)8-5-11(19-3)12(20-4)6-9(8)15/h5-6,10H,7,16H2,1-4H3,(H2,17,18). The summed E-state index contributed by atoms with van der Waals surface area (Å²) >= 11 is 0. The average Bonchev–Trinajstić information content (AvgIpc) is 2.37. The van der Waals surface area contributed by atoms with E-state index in [9.17, 15) is 9.18 Å². The van der Waals surface area contributed by atoms with Crippen molar-refractivity contribution in [2.75, 3.05) is 14.2 Å². The third kappa shape index (κ3) is 3.39. The van der Waals surface area contributed by atoms with E-state index < -0.39 is 23.2 Å². The molecule has 0 saturated carbocycles. The van der Waals surface area contributed by atoms with Crippen LogP contribution in [0.5, 0.6) is 11.5 Å². The van der Waals surface area contributed by atoms with E-state index in [1.165, 1.54) is 26.4 Å². The van der Waals surface area contributed by atoms with E-state index >= 15 is 0 Å². The Morgan fingerprint density at radius 3 is 2.25 bits per heavy atom. The van der Waals surface area contributed by atoms with Crippen molar-refractivity contribution in [1.29, 1.82) is 0 Å². The number of hydrogen-bond donors (Lipinski definition) is 2. The lowest BCUT2D eigenvalue weighted by Gasteiger charge is -2.25. The SMILES string of the molecule is COc1cc(F)c(C(N)CC(C)(C)C(N)=O)cc1OC. The Balaban J connectivity index is 3.10. The Hall–Kier alpha value is -1.82.